The van der Waals surface area contributed by atoms with Gasteiger partial charge in [-0.05, 0) is 12.5 Å². The first-order valence-electron chi connectivity index (χ1n) is 7.38. The summed E-state index contributed by atoms with van der Waals surface area (Å²) < 4.78 is 11.5. The Morgan fingerprint density at radius 1 is 1.38 bits per heavy atom. The van der Waals surface area contributed by atoms with Crippen LogP contribution in [-0.2, 0) is 20.9 Å². The lowest BCUT2D eigenvalue weighted by molar-refractivity contribution is -0.0448. The van der Waals surface area contributed by atoms with Crippen molar-refractivity contribution in [2.45, 2.75) is 25.7 Å². The molecule has 0 spiro atoms. The van der Waals surface area contributed by atoms with Crippen LogP contribution in [0, 0.1) is 11.8 Å². The van der Waals surface area contributed by atoms with Gasteiger partial charge in [-0.3, -0.25) is 0 Å². The Kier molecular flexibility index (Phi) is 4.36. The van der Waals surface area contributed by atoms with Crippen LogP contribution in [0.25, 0.3) is 0 Å². The summed E-state index contributed by atoms with van der Waals surface area (Å²) >= 11 is 0. The van der Waals surface area contributed by atoms with E-state index < -0.39 is 0 Å². The van der Waals surface area contributed by atoms with Gasteiger partial charge < -0.3 is 14.3 Å². The molecule has 0 aromatic heterocycles. The molecule has 4 atom stereocenters. The molecule has 1 unspecified atom stereocenters. The highest BCUT2D eigenvalue weighted by Crippen LogP contribution is 2.34. The van der Waals surface area contributed by atoms with E-state index in [-0.39, 0.29) is 24.0 Å². The fraction of sp³-hybridized carbons (Fsp3) is 0.471. The Hall–Kier alpha value is -1.65. The van der Waals surface area contributed by atoms with Crippen LogP contribution in [0.1, 0.15) is 12.5 Å². The smallest absolute Gasteiger partial charge is 0.159 e. The Morgan fingerprint density at radius 2 is 2.19 bits per heavy atom. The maximum Gasteiger partial charge on any atom is 0.159 e. The molecule has 4 heteroatoms. The maximum absolute atomic E-state index is 5.81. The molecule has 1 aromatic rings. The lowest BCUT2D eigenvalue weighted by atomic mass is 9.79. The van der Waals surface area contributed by atoms with Gasteiger partial charge in [0.05, 0.1) is 37.6 Å². The summed E-state index contributed by atoms with van der Waals surface area (Å²) in [5, 5.41) is 4.16. The lowest BCUT2D eigenvalue weighted by Gasteiger charge is -2.34. The van der Waals surface area contributed by atoms with Gasteiger partial charge in [0.1, 0.15) is 0 Å². The van der Waals surface area contributed by atoms with Crippen molar-refractivity contribution in [3.05, 3.63) is 48.6 Å². The Balaban J connectivity index is 1.58. The Labute approximate surface area is 125 Å². The SMILES string of the molecule is C=C[C@H]1C2C(=NO[C@@H]2COCc2ccccc2)CO[C@H]1C. The minimum atomic E-state index is -0.0435. The summed E-state index contributed by atoms with van der Waals surface area (Å²) in [6, 6.07) is 10.1. The number of nitrogens with zero attached hydrogens (tertiary/aromatic N) is 1. The summed E-state index contributed by atoms with van der Waals surface area (Å²) in [6.07, 6.45) is 2.05. The van der Waals surface area contributed by atoms with Crippen molar-refractivity contribution in [3.63, 3.8) is 0 Å². The summed E-state index contributed by atoms with van der Waals surface area (Å²) in [4.78, 5) is 5.55. The number of hydrogen-bond donors (Lipinski definition) is 0. The van der Waals surface area contributed by atoms with Crippen LogP contribution in [0.4, 0.5) is 0 Å². The summed E-state index contributed by atoms with van der Waals surface area (Å²) in [6.45, 7) is 7.67. The minimum absolute atomic E-state index is 0.0435. The second-order valence-electron chi connectivity index (χ2n) is 5.58. The standard InChI is InChI=1S/C17H21NO3/c1-3-14-12(2)20-10-15-17(14)16(21-18-15)11-19-9-13-7-5-4-6-8-13/h3-8,12,14,16-17H,1,9-11H2,2H3/t12-,14+,16+,17?/m0/s1. The van der Waals surface area contributed by atoms with Gasteiger partial charge in [0.15, 0.2) is 6.10 Å². The van der Waals surface area contributed by atoms with Crippen LogP contribution in [-0.4, -0.2) is 31.1 Å². The second-order valence-corrected chi connectivity index (χ2v) is 5.58. The van der Waals surface area contributed by atoms with Crippen LogP contribution >= 0.6 is 0 Å². The third-order valence-electron chi connectivity index (χ3n) is 4.21. The van der Waals surface area contributed by atoms with E-state index in [0.29, 0.717) is 19.8 Å². The van der Waals surface area contributed by atoms with Crippen molar-refractivity contribution in [1.82, 2.24) is 0 Å². The van der Waals surface area contributed by atoms with Gasteiger partial charge in [0, 0.05) is 5.92 Å². The molecule has 0 bridgehead atoms. The van der Waals surface area contributed by atoms with Crippen molar-refractivity contribution >= 4 is 5.71 Å². The van der Waals surface area contributed by atoms with Gasteiger partial charge in [-0.1, -0.05) is 41.6 Å². The topological polar surface area (TPSA) is 40.0 Å². The van der Waals surface area contributed by atoms with Crippen LogP contribution in [0.3, 0.4) is 0 Å². The molecule has 0 amide bonds. The highest BCUT2D eigenvalue weighted by molar-refractivity contribution is 5.90. The zero-order valence-corrected chi connectivity index (χ0v) is 12.3. The molecule has 0 aliphatic carbocycles. The van der Waals surface area contributed by atoms with Crippen molar-refractivity contribution in [3.8, 4) is 0 Å². The fourth-order valence-corrected chi connectivity index (χ4v) is 3.03. The molecule has 1 fully saturated rings. The van der Waals surface area contributed by atoms with Crippen LogP contribution in [0.15, 0.2) is 48.1 Å². The Bertz CT molecular complexity index is 514. The molecule has 0 radical (unpaired) electrons. The predicted octanol–water partition coefficient (Wildman–Crippen LogP) is 2.80. The zero-order chi connectivity index (χ0) is 14.7. The van der Waals surface area contributed by atoms with Gasteiger partial charge in [-0.2, -0.15) is 0 Å². The van der Waals surface area contributed by atoms with Crippen molar-refractivity contribution < 1.29 is 14.3 Å². The van der Waals surface area contributed by atoms with Gasteiger partial charge in [0.2, 0.25) is 0 Å². The van der Waals surface area contributed by atoms with Gasteiger partial charge in [0.25, 0.3) is 0 Å². The highest BCUT2D eigenvalue weighted by Gasteiger charge is 2.44. The fourth-order valence-electron chi connectivity index (χ4n) is 3.03. The average molecular weight is 287 g/mol. The molecule has 0 saturated carbocycles. The largest absolute Gasteiger partial charge is 0.389 e. The minimum Gasteiger partial charge on any atom is -0.389 e. The van der Waals surface area contributed by atoms with Gasteiger partial charge >= 0.3 is 0 Å². The quantitative estimate of drug-likeness (QED) is 0.782. The predicted molar refractivity (Wildman–Crippen MR) is 81.0 cm³/mol. The van der Waals surface area contributed by atoms with E-state index in [1.54, 1.807) is 0 Å². The van der Waals surface area contributed by atoms with E-state index in [2.05, 4.69) is 30.8 Å². The first-order chi connectivity index (χ1) is 10.3. The van der Waals surface area contributed by atoms with Crippen LogP contribution < -0.4 is 0 Å². The first kappa shape index (κ1) is 14.3. The highest BCUT2D eigenvalue weighted by atomic mass is 16.7. The molecular weight excluding hydrogens is 266 g/mol. The molecule has 2 aliphatic rings. The summed E-state index contributed by atoms with van der Waals surface area (Å²) in [5.41, 5.74) is 2.14. The van der Waals surface area contributed by atoms with E-state index in [4.69, 9.17) is 14.3 Å². The number of rotatable bonds is 5. The third-order valence-corrected chi connectivity index (χ3v) is 4.21. The molecule has 1 saturated heterocycles. The van der Waals surface area contributed by atoms with Crippen molar-refractivity contribution in [2.75, 3.05) is 13.2 Å². The first-order valence-corrected chi connectivity index (χ1v) is 7.38. The molecule has 2 aliphatic heterocycles. The molecule has 2 heterocycles. The van der Waals surface area contributed by atoms with Crippen molar-refractivity contribution in [1.29, 1.82) is 0 Å². The molecule has 0 N–H and O–H groups in total. The van der Waals surface area contributed by atoms with E-state index in [1.807, 2.05) is 24.3 Å². The Morgan fingerprint density at radius 3 is 2.95 bits per heavy atom. The molecule has 21 heavy (non-hydrogen) atoms. The molecule has 112 valence electrons. The lowest BCUT2D eigenvalue weighted by Crippen LogP contribution is -2.44. The van der Waals surface area contributed by atoms with E-state index >= 15 is 0 Å². The molecule has 4 nitrogen and oxygen atoms in total. The second kappa shape index (κ2) is 6.41. The molecular formula is C17H21NO3. The third kappa shape index (κ3) is 3.01. The monoisotopic (exact) mass is 287 g/mol. The summed E-state index contributed by atoms with van der Waals surface area (Å²) in [7, 11) is 0. The van der Waals surface area contributed by atoms with E-state index in [9.17, 15) is 0 Å². The van der Waals surface area contributed by atoms with E-state index in [1.165, 1.54) is 0 Å². The number of fused-ring (bicyclic) bond motifs is 1. The van der Waals surface area contributed by atoms with Crippen LogP contribution in [0.5, 0.6) is 0 Å². The normalized spacial score (nSPS) is 31.2. The average Bonchev–Trinajstić information content (AvgIpc) is 2.92. The van der Waals surface area contributed by atoms with Gasteiger partial charge in [-0.25, -0.2) is 0 Å². The van der Waals surface area contributed by atoms with Crippen LogP contribution in [0.2, 0.25) is 0 Å². The van der Waals surface area contributed by atoms with Crippen molar-refractivity contribution in [2.24, 2.45) is 17.0 Å². The number of ether oxygens (including phenoxy) is 2. The maximum atomic E-state index is 5.81. The number of oxime groups is 1. The zero-order valence-electron chi connectivity index (χ0n) is 12.3. The van der Waals surface area contributed by atoms with E-state index in [0.717, 1.165) is 11.3 Å². The van der Waals surface area contributed by atoms with Gasteiger partial charge in [-0.15, -0.1) is 6.58 Å². The number of benzene rings is 1. The molecule has 1 aromatic carbocycles. The summed E-state index contributed by atoms with van der Waals surface area (Å²) in [5.74, 6) is 0.451. The molecule has 3 rings (SSSR count). The number of hydrogen-bond acceptors (Lipinski definition) is 4.